The molecule has 1 heterocycles. The van der Waals surface area contributed by atoms with Gasteiger partial charge in [0.1, 0.15) is 12.4 Å². The Labute approximate surface area is 118 Å². The lowest BCUT2D eigenvalue weighted by atomic mass is 10.1. The van der Waals surface area contributed by atoms with E-state index in [4.69, 9.17) is 16.3 Å². The second-order valence-corrected chi connectivity index (χ2v) is 5.09. The first-order valence-electron chi connectivity index (χ1n) is 6.62. The average Bonchev–Trinajstić information content (AvgIpc) is 2.87. The summed E-state index contributed by atoms with van der Waals surface area (Å²) in [7, 11) is 0. The van der Waals surface area contributed by atoms with Crippen LogP contribution in [0, 0.1) is 0 Å². The topological polar surface area (TPSA) is 50.4 Å². The number of hydrogen-bond acceptors (Lipinski definition) is 3. The molecule has 5 heteroatoms. The van der Waals surface area contributed by atoms with E-state index >= 15 is 0 Å². The molecule has 1 aromatic rings. The van der Waals surface area contributed by atoms with Crippen molar-refractivity contribution >= 4 is 17.5 Å². The molecule has 0 bridgehead atoms. The van der Waals surface area contributed by atoms with Crippen LogP contribution in [0.1, 0.15) is 19.3 Å². The van der Waals surface area contributed by atoms with Crippen LogP contribution in [-0.4, -0.2) is 31.6 Å². The predicted octanol–water partition coefficient (Wildman–Crippen LogP) is 1.98. The zero-order valence-corrected chi connectivity index (χ0v) is 11.6. The quantitative estimate of drug-likeness (QED) is 0.785. The van der Waals surface area contributed by atoms with E-state index in [1.807, 2.05) is 12.1 Å². The second kappa shape index (κ2) is 7.36. The monoisotopic (exact) mass is 282 g/mol. The molecule has 1 aliphatic rings. The Balaban J connectivity index is 1.59. The van der Waals surface area contributed by atoms with Crippen LogP contribution in [-0.2, 0) is 4.79 Å². The maximum absolute atomic E-state index is 11.6. The summed E-state index contributed by atoms with van der Waals surface area (Å²) in [5.74, 6) is 0.799. The fraction of sp³-hybridized carbons (Fsp3) is 0.500. The molecule has 0 radical (unpaired) electrons. The third-order valence-corrected chi connectivity index (χ3v) is 3.32. The van der Waals surface area contributed by atoms with Gasteiger partial charge in [0.25, 0.3) is 0 Å². The van der Waals surface area contributed by atoms with Crippen LogP contribution in [0.25, 0.3) is 0 Å². The lowest BCUT2D eigenvalue weighted by Crippen LogP contribution is -2.33. The highest BCUT2D eigenvalue weighted by molar-refractivity contribution is 6.30. The SMILES string of the molecule is O=C(CC1CCCN1)NCCOc1cccc(Cl)c1. The van der Waals surface area contributed by atoms with Gasteiger partial charge in [-0.25, -0.2) is 0 Å². The number of hydrogen-bond donors (Lipinski definition) is 2. The first kappa shape index (κ1) is 14.2. The molecule has 1 amide bonds. The van der Waals surface area contributed by atoms with Crippen molar-refractivity contribution in [2.45, 2.75) is 25.3 Å². The molecule has 2 N–H and O–H groups in total. The van der Waals surface area contributed by atoms with Crippen molar-refractivity contribution in [3.8, 4) is 5.75 Å². The average molecular weight is 283 g/mol. The summed E-state index contributed by atoms with van der Waals surface area (Å²) >= 11 is 5.85. The van der Waals surface area contributed by atoms with Crippen molar-refractivity contribution in [3.05, 3.63) is 29.3 Å². The van der Waals surface area contributed by atoms with Crippen LogP contribution in [0.15, 0.2) is 24.3 Å². The first-order valence-corrected chi connectivity index (χ1v) is 7.00. The maximum atomic E-state index is 11.6. The Kier molecular flexibility index (Phi) is 5.48. The lowest BCUT2D eigenvalue weighted by molar-refractivity contribution is -0.121. The zero-order chi connectivity index (χ0) is 13.5. The van der Waals surface area contributed by atoms with Crippen LogP contribution in [0.3, 0.4) is 0 Å². The number of benzene rings is 1. The van der Waals surface area contributed by atoms with Crippen LogP contribution in [0.2, 0.25) is 5.02 Å². The van der Waals surface area contributed by atoms with Gasteiger partial charge in [-0.15, -0.1) is 0 Å². The number of ether oxygens (including phenoxy) is 1. The molecule has 4 nitrogen and oxygen atoms in total. The normalized spacial score (nSPS) is 18.3. The van der Waals surface area contributed by atoms with Crippen LogP contribution >= 0.6 is 11.6 Å². The second-order valence-electron chi connectivity index (χ2n) is 4.65. The van der Waals surface area contributed by atoms with Crippen molar-refractivity contribution in [3.63, 3.8) is 0 Å². The number of amides is 1. The van der Waals surface area contributed by atoms with E-state index in [0.717, 1.165) is 25.1 Å². The van der Waals surface area contributed by atoms with Gasteiger partial charge in [0.2, 0.25) is 5.91 Å². The van der Waals surface area contributed by atoms with Gasteiger partial charge >= 0.3 is 0 Å². The molecule has 0 aromatic heterocycles. The van der Waals surface area contributed by atoms with Gasteiger partial charge in [-0.3, -0.25) is 4.79 Å². The number of nitrogens with one attached hydrogen (secondary N) is 2. The van der Waals surface area contributed by atoms with Gasteiger partial charge in [-0.2, -0.15) is 0 Å². The Morgan fingerprint density at radius 2 is 2.42 bits per heavy atom. The van der Waals surface area contributed by atoms with E-state index in [0.29, 0.717) is 30.6 Å². The highest BCUT2D eigenvalue weighted by Gasteiger charge is 2.17. The fourth-order valence-electron chi connectivity index (χ4n) is 2.14. The van der Waals surface area contributed by atoms with Gasteiger partial charge in [0, 0.05) is 17.5 Å². The Morgan fingerprint density at radius 1 is 1.53 bits per heavy atom. The zero-order valence-electron chi connectivity index (χ0n) is 10.8. The number of rotatable bonds is 6. The lowest BCUT2D eigenvalue weighted by Gasteiger charge is -2.11. The third kappa shape index (κ3) is 5.09. The van der Waals surface area contributed by atoms with E-state index in [1.54, 1.807) is 12.1 Å². The first-order chi connectivity index (χ1) is 9.24. The molecule has 2 rings (SSSR count). The van der Waals surface area contributed by atoms with Crippen LogP contribution < -0.4 is 15.4 Å². The van der Waals surface area contributed by atoms with Gasteiger partial charge in [-0.1, -0.05) is 17.7 Å². The highest BCUT2D eigenvalue weighted by Crippen LogP contribution is 2.16. The van der Waals surface area contributed by atoms with E-state index < -0.39 is 0 Å². The van der Waals surface area contributed by atoms with Crippen molar-refractivity contribution in [1.82, 2.24) is 10.6 Å². The van der Waals surface area contributed by atoms with Gasteiger partial charge < -0.3 is 15.4 Å². The Morgan fingerprint density at radius 3 is 3.16 bits per heavy atom. The Hall–Kier alpha value is -1.26. The van der Waals surface area contributed by atoms with Crippen molar-refractivity contribution in [1.29, 1.82) is 0 Å². The molecule has 1 saturated heterocycles. The molecule has 104 valence electrons. The summed E-state index contributed by atoms with van der Waals surface area (Å²) in [4.78, 5) is 11.6. The summed E-state index contributed by atoms with van der Waals surface area (Å²) in [6.45, 7) is 1.98. The highest BCUT2D eigenvalue weighted by atomic mass is 35.5. The number of halogens is 1. The largest absolute Gasteiger partial charge is 0.492 e. The number of carbonyl (C=O) groups is 1. The summed E-state index contributed by atoms with van der Waals surface area (Å²) in [5, 5.41) is 6.81. The molecular weight excluding hydrogens is 264 g/mol. The minimum absolute atomic E-state index is 0.0779. The van der Waals surface area contributed by atoms with Crippen LogP contribution in [0.5, 0.6) is 5.75 Å². The fourth-order valence-corrected chi connectivity index (χ4v) is 2.32. The van der Waals surface area contributed by atoms with Crippen molar-refractivity contribution < 1.29 is 9.53 Å². The smallest absolute Gasteiger partial charge is 0.221 e. The molecule has 0 spiro atoms. The summed E-state index contributed by atoms with van der Waals surface area (Å²) in [6.07, 6.45) is 2.80. The van der Waals surface area contributed by atoms with E-state index in [1.165, 1.54) is 0 Å². The molecule has 19 heavy (non-hydrogen) atoms. The van der Waals surface area contributed by atoms with Gasteiger partial charge in [-0.05, 0) is 37.6 Å². The molecule has 1 atom stereocenters. The minimum Gasteiger partial charge on any atom is -0.492 e. The number of carbonyl (C=O) groups excluding carboxylic acids is 1. The summed E-state index contributed by atoms with van der Waals surface area (Å²) in [5.41, 5.74) is 0. The molecule has 1 unspecified atom stereocenters. The molecule has 0 saturated carbocycles. The van der Waals surface area contributed by atoms with Crippen molar-refractivity contribution in [2.75, 3.05) is 19.7 Å². The van der Waals surface area contributed by atoms with E-state index in [-0.39, 0.29) is 5.91 Å². The molecular formula is C14H19ClN2O2. The maximum Gasteiger partial charge on any atom is 0.221 e. The summed E-state index contributed by atoms with van der Waals surface area (Å²) in [6, 6.07) is 7.57. The van der Waals surface area contributed by atoms with Gasteiger partial charge in [0.05, 0.1) is 6.54 Å². The van der Waals surface area contributed by atoms with E-state index in [9.17, 15) is 4.79 Å². The minimum atomic E-state index is 0.0779. The van der Waals surface area contributed by atoms with E-state index in [2.05, 4.69) is 10.6 Å². The standard InChI is InChI=1S/C14H19ClN2O2/c15-11-3-1-5-13(9-11)19-8-7-17-14(18)10-12-4-2-6-16-12/h1,3,5,9,12,16H,2,4,6-8,10H2,(H,17,18). The molecule has 1 aliphatic heterocycles. The molecule has 1 fully saturated rings. The predicted molar refractivity (Wildman–Crippen MR) is 75.6 cm³/mol. The van der Waals surface area contributed by atoms with Crippen molar-refractivity contribution in [2.24, 2.45) is 0 Å². The summed E-state index contributed by atoms with van der Waals surface area (Å²) < 4.78 is 5.49. The Bertz CT molecular complexity index is 420. The molecule has 1 aromatic carbocycles. The third-order valence-electron chi connectivity index (χ3n) is 3.08. The van der Waals surface area contributed by atoms with Gasteiger partial charge in [0.15, 0.2) is 0 Å². The molecule has 0 aliphatic carbocycles. The van der Waals surface area contributed by atoms with Crippen LogP contribution in [0.4, 0.5) is 0 Å².